The van der Waals surface area contributed by atoms with Crippen LogP contribution in [0.25, 0.3) is 11.1 Å². The number of esters is 1. The van der Waals surface area contributed by atoms with Gasteiger partial charge in [0.2, 0.25) is 5.91 Å². The van der Waals surface area contributed by atoms with Gasteiger partial charge in [0.1, 0.15) is 10.6 Å². The van der Waals surface area contributed by atoms with Crippen molar-refractivity contribution in [1.82, 2.24) is 0 Å². The number of anilines is 1. The van der Waals surface area contributed by atoms with Crippen LogP contribution < -0.4 is 5.32 Å². The zero-order chi connectivity index (χ0) is 19.1. The lowest BCUT2D eigenvalue weighted by Crippen LogP contribution is -2.22. The van der Waals surface area contributed by atoms with Crippen LogP contribution in [0.15, 0.2) is 29.6 Å². The van der Waals surface area contributed by atoms with Gasteiger partial charge in [-0.25, -0.2) is 4.79 Å². The molecule has 0 radical (unpaired) electrons. The van der Waals surface area contributed by atoms with E-state index in [0.29, 0.717) is 17.2 Å². The molecular formula is C21H27NO3S. The third-order valence-corrected chi connectivity index (χ3v) is 5.43. The molecule has 0 fully saturated rings. The van der Waals surface area contributed by atoms with E-state index in [2.05, 4.69) is 24.4 Å². The molecule has 4 nitrogen and oxygen atoms in total. The van der Waals surface area contributed by atoms with E-state index < -0.39 is 5.97 Å². The van der Waals surface area contributed by atoms with Gasteiger partial charge in [0.25, 0.3) is 0 Å². The molecule has 2 aromatic rings. The second kappa shape index (κ2) is 9.53. The summed E-state index contributed by atoms with van der Waals surface area (Å²) in [5.74, 6) is -0.502. The van der Waals surface area contributed by atoms with Crippen LogP contribution in [0.1, 0.15) is 56.5 Å². The van der Waals surface area contributed by atoms with Crippen molar-refractivity contribution < 1.29 is 14.3 Å². The molecule has 1 heterocycles. The Morgan fingerprint density at radius 3 is 2.27 bits per heavy atom. The highest BCUT2D eigenvalue weighted by molar-refractivity contribution is 7.15. The Labute approximate surface area is 159 Å². The van der Waals surface area contributed by atoms with Gasteiger partial charge in [-0.15, -0.1) is 11.3 Å². The Balaban J connectivity index is 2.41. The molecule has 0 aliphatic carbocycles. The van der Waals surface area contributed by atoms with Crippen molar-refractivity contribution in [3.8, 4) is 11.1 Å². The minimum atomic E-state index is -0.400. The average Bonchev–Trinajstić information content (AvgIpc) is 3.06. The molecule has 0 unspecified atom stereocenters. The quantitative estimate of drug-likeness (QED) is 0.619. The van der Waals surface area contributed by atoms with Crippen molar-refractivity contribution in [2.24, 2.45) is 5.92 Å². The third kappa shape index (κ3) is 4.52. The van der Waals surface area contributed by atoms with Gasteiger partial charge in [0.15, 0.2) is 0 Å². The maximum atomic E-state index is 12.6. The van der Waals surface area contributed by atoms with E-state index in [1.165, 1.54) is 16.9 Å². The largest absolute Gasteiger partial charge is 0.462 e. The summed E-state index contributed by atoms with van der Waals surface area (Å²) in [6.07, 6.45) is 2.51. The third-order valence-electron chi connectivity index (χ3n) is 4.54. The predicted octanol–water partition coefficient (Wildman–Crippen LogP) is 5.53. The molecular weight excluding hydrogens is 346 g/mol. The normalized spacial score (nSPS) is 10.8. The number of benzene rings is 1. The van der Waals surface area contributed by atoms with Crippen LogP contribution in [0.2, 0.25) is 0 Å². The summed E-state index contributed by atoms with van der Waals surface area (Å²) in [6, 6.07) is 8.14. The second-order valence-electron chi connectivity index (χ2n) is 6.13. The van der Waals surface area contributed by atoms with Gasteiger partial charge >= 0.3 is 5.97 Å². The number of amides is 1. The molecule has 0 atom stereocenters. The van der Waals surface area contributed by atoms with E-state index >= 15 is 0 Å². The molecule has 1 N–H and O–H groups in total. The molecule has 0 bridgehead atoms. The zero-order valence-corrected chi connectivity index (χ0v) is 16.7. The fourth-order valence-electron chi connectivity index (χ4n) is 2.86. The maximum Gasteiger partial charge on any atom is 0.341 e. The number of thiophene rings is 1. The van der Waals surface area contributed by atoms with Gasteiger partial charge in [-0.2, -0.15) is 0 Å². The molecule has 1 amide bonds. The summed E-state index contributed by atoms with van der Waals surface area (Å²) in [5.41, 5.74) is 3.44. The zero-order valence-electron chi connectivity index (χ0n) is 15.9. The number of rotatable bonds is 8. The molecule has 0 spiro atoms. The first-order valence-electron chi connectivity index (χ1n) is 9.24. The first kappa shape index (κ1) is 20.2. The monoisotopic (exact) mass is 373 g/mol. The standard InChI is InChI=1S/C21H27NO3S/c1-5-14-9-11-16(12-10-14)17-13-26-20(18(17)21(24)25-8-4)22-19(23)15(6-2)7-3/h9-13,15H,5-8H2,1-4H3,(H,22,23). The lowest BCUT2D eigenvalue weighted by molar-refractivity contribution is -0.120. The highest BCUT2D eigenvalue weighted by atomic mass is 32.1. The van der Waals surface area contributed by atoms with Gasteiger partial charge in [-0.3, -0.25) is 4.79 Å². The maximum absolute atomic E-state index is 12.6. The fraction of sp³-hybridized carbons (Fsp3) is 0.429. The van der Waals surface area contributed by atoms with E-state index in [9.17, 15) is 9.59 Å². The van der Waals surface area contributed by atoms with Crippen LogP contribution in [-0.2, 0) is 16.0 Å². The molecule has 2 rings (SSSR count). The smallest absolute Gasteiger partial charge is 0.341 e. The molecule has 0 saturated carbocycles. The number of aryl methyl sites for hydroxylation is 1. The summed E-state index contributed by atoms with van der Waals surface area (Å²) in [5, 5.41) is 5.42. The lowest BCUT2D eigenvalue weighted by Gasteiger charge is -2.13. The molecule has 5 heteroatoms. The molecule has 0 saturated heterocycles. The van der Waals surface area contributed by atoms with Gasteiger partial charge in [0.05, 0.1) is 6.61 Å². The SMILES string of the molecule is CCOC(=O)c1c(-c2ccc(CC)cc2)csc1NC(=O)C(CC)CC. The van der Waals surface area contributed by atoms with E-state index in [-0.39, 0.29) is 11.8 Å². The molecule has 1 aromatic heterocycles. The predicted molar refractivity (Wildman–Crippen MR) is 108 cm³/mol. The van der Waals surface area contributed by atoms with Crippen LogP contribution in [0.4, 0.5) is 5.00 Å². The van der Waals surface area contributed by atoms with Crippen molar-refractivity contribution in [3.05, 3.63) is 40.8 Å². The van der Waals surface area contributed by atoms with Crippen LogP contribution in [0.3, 0.4) is 0 Å². The van der Waals surface area contributed by atoms with Crippen molar-refractivity contribution in [2.75, 3.05) is 11.9 Å². The van der Waals surface area contributed by atoms with E-state index in [4.69, 9.17) is 4.74 Å². The van der Waals surface area contributed by atoms with Crippen molar-refractivity contribution in [2.45, 2.75) is 47.0 Å². The first-order chi connectivity index (χ1) is 12.5. The van der Waals surface area contributed by atoms with E-state index in [0.717, 1.165) is 30.4 Å². The van der Waals surface area contributed by atoms with Crippen molar-refractivity contribution >= 4 is 28.2 Å². The van der Waals surface area contributed by atoms with Gasteiger partial charge in [0, 0.05) is 16.9 Å². The minimum absolute atomic E-state index is 0.0460. The van der Waals surface area contributed by atoms with Crippen LogP contribution in [0, 0.1) is 5.92 Å². The van der Waals surface area contributed by atoms with Gasteiger partial charge in [-0.1, -0.05) is 45.0 Å². The van der Waals surface area contributed by atoms with E-state index in [1.54, 1.807) is 6.92 Å². The molecule has 26 heavy (non-hydrogen) atoms. The Morgan fingerprint density at radius 1 is 1.08 bits per heavy atom. The number of hydrogen-bond donors (Lipinski definition) is 1. The highest BCUT2D eigenvalue weighted by Crippen LogP contribution is 2.36. The highest BCUT2D eigenvalue weighted by Gasteiger charge is 2.24. The van der Waals surface area contributed by atoms with Crippen molar-refractivity contribution in [1.29, 1.82) is 0 Å². The number of carbonyl (C=O) groups is 2. The number of ether oxygens (including phenoxy) is 1. The van der Waals surface area contributed by atoms with Crippen LogP contribution >= 0.6 is 11.3 Å². The van der Waals surface area contributed by atoms with Gasteiger partial charge in [-0.05, 0) is 37.3 Å². The Kier molecular flexibility index (Phi) is 7.39. The Bertz CT molecular complexity index is 745. The summed E-state index contributed by atoms with van der Waals surface area (Å²) < 4.78 is 5.25. The topological polar surface area (TPSA) is 55.4 Å². The summed E-state index contributed by atoms with van der Waals surface area (Å²) in [7, 11) is 0. The average molecular weight is 374 g/mol. The number of hydrogen-bond acceptors (Lipinski definition) is 4. The van der Waals surface area contributed by atoms with Gasteiger partial charge < -0.3 is 10.1 Å². The number of nitrogens with one attached hydrogen (secondary N) is 1. The molecule has 0 aliphatic rings. The van der Waals surface area contributed by atoms with Crippen molar-refractivity contribution in [3.63, 3.8) is 0 Å². The number of carbonyl (C=O) groups excluding carboxylic acids is 2. The second-order valence-corrected chi connectivity index (χ2v) is 7.01. The summed E-state index contributed by atoms with van der Waals surface area (Å²) >= 11 is 1.37. The lowest BCUT2D eigenvalue weighted by atomic mass is 10.0. The Morgan fingerprint density at radius 2 is 1.73 bits per heavy atom. The fourth-order valence-corrected chi connectivity index (χ4v) is 3.82. The Hall–Kier alpha value is -2.14. The summed E-state index contributed by atoms with van der Waals surface area (Å²) in [4.78, 5) is 25.0. The summed E-state index contributed by atoms with van der Waals surface area (Å²) in [6.45, 7) is 8.17. The molecule has 140 valence electrons. The van der Waals surface area contributed by atoms with Crippen LogP contribution in [-0.4, -0.2) is 18.5 Å². The van der Waals surface area contributed by atoms with Crippen LogP contribution in [0.5, 0.6) is 0 Å². The minimum Gasteiger partial charge on any atom is -0.462 e. The molecule has 0 aliphatic heterocycles. The molecule has 1 aromatic carbocycles. The van der Waals surface area contributed by atoms with E-state index in [1.807, 2.05) is 31.4 Å². The first-order valence-corrected chi connectivity index (χ1v) is 10.1.